The molecule has 1 aromatic heterocycles. The molecule has 1 N–H and O–H groups in total. The Labute approximate surface area is 158 Å². The van der Waals surface area contributed by atoms with E-state index in [1.54, 1.807) is 36.4 Å². The normalized spacial score (nSPS) is 11.6. The second-order valence-electron chi connectivity index (χ2n) is 5.13. The highest BCUT2D eigenvalue weighted by Gasteiger charge is 2.20. The average molecular weight is 400 g/mol. The van der Waals surface area contributed by atoms with Crippen molar-refractivity contribution in [2.75, 3.05) is 5.32 Å². The third kappa shape index (κ3) is 5.85. The van der Waals surface area contributed by atoms with Crippen LogP contribution >= 0.6 is 34.5 Å². The summed E-state index contributed by atoms with van der Waals surface area (Å²) in [5.41, 5.74) is 0.432. The number of halogens is 2. The Bertz CT molecular complexity index is 790. The molecule has 132 valence electrons. The molecular weight excluding hydrogens is 385 g/mol. The van der Waals surface area contributed by atoms with Crippen LogP contribution < -0.4 is 5.32 Å². The summed E-state index contributed by atoms with van der Waals surface area (Å²) in [5, 5.41) is 2.96. The van der Waals surface area contributed by atoms with Crippen LogP contribution in [0.3, 0.4) is 0 Å². The van der Waals surface area contributed by atoms with Gasteiger partial charge in [-0.3, -0.25) is 14.4 Å². The molecule has 0 aliphatic heterocycles. The molecule has 2 aromatic rings. The number of rotatable bonds is 7. The number of Topliss-reactive ketones (excluding diaryl/α,β-unsaturated/α-hetero) is 1. The van der Waals surface area contributed by atoms with E-state index in [-0.39, 0.29) is 18.6 Å². The largest absolute Gasteiger partial charge is 0.453 e. The number of benzene rings is 1. The first-order chi connectivity index (χ1) is 11.9. The minimum atomic E-state index is -1.00. The number of ether oxygens (including phenoxy) is 1. The van der Waals surface area contributed by atoms with Crippen LogP contribution in [0.5, 0.6) is 0 Å². The summed E-state index contributed by atoms with van der Waals surface area (Å²) in [5.74, 6) is -1.32. The van der Waals surface area contributed by atoms with Gasteiger partial charge in [0.15, 0.2) is 11.9 Å². The highest BCUT2D eigenvalue weighted by Crippen LogP contribution is 2.23. The zero-order valence-electron chi connectivity index (χ0n) is 13.3. The minimum Gasteiger partial charge on any atom is -0.453 e. The van der Waals surface area contributed by atoms with Gasteiger partial charge in [-0.15, -0.1) is 11.3 Å². The maximum absolute atomic E-state index is 12.0. The van der Waals surface area contributed by atoms with Crippen LogP contribution in [0, 0.1) is 0 Å². The maximum Gasteiger partial charge on any atom is 0.307 e. The number of amides is 1. The number of nitrogens with one attached hydrogen (secondary N) is 1. The van der Waals surface area contributed by atoms with Crippen molar-refractivity contribution in [1.29, 1.82) is 0 Å². The van der Waals surface area contributed by atoms with Crippen LogP contribution in [0.2, 0.25) is 9.36 Å². The van der Waals surface area contributed by atoms with Crippen molar-refractivity contribution >= 4 is 57.9 Å². The van der Waals surface area contributed by atoms with Crippen molar-refractivity contribution in [3.63, 3.8) is 0 Å². The Morgan fingerprint density at radius 1 is 1.12 bits per heavy atom. The Morgan fingerprint density at radius 3 is 2.48 bits per heavy atom. The van der Waals surface area contributed by atoms with E-state index in [9.17, 15) is 14.4 Å². The van der Waals surface area contributed by atoms with Crippen molar-refractivity contribution in [1.82, 2.24) is 0 Å². The molecule has 8 heteroatoms. The molecule has 0 aliphatic carbocycles. The van der Waals surface area contributed by atoms with Crippen molar-refractivity contribution in [3.8, 4) is 0 Å². The standard InChI is InChI=1S/C17H15Cl2NO4S/c1-10(17(23)20-12-5-3-2-4-11(12)18)24-16(22)9-6-13(21)14-7-8-15(19)25-14/h2-5,7-8,10H,6,9H2,1H3,(H,20,23)/t10-/m0/s1. The number of thiophene rings is 1. The van der Waals surface area contributed by atoms with Gasteiger partial charge in [0.25, 0.3) is 5.91 Å². The lowest BCUT2D eigenvalue weighted by Crippen LogP contribution is -2.30. The van der Waals surface area contributed by atoms with Crippen molar-refractivity contribution in [3.05, 3.63) is 50.6 Å². The monoisotopic (exact) mass is 399 g/mol. The van der Waals surface area contributed by atoms with E-state index in [1.165, 1.54) is 6.92 Å². The molecule has 25 heavy (non-hydrogen) atoms. The summed E-state index contributed by atoms with van der Waals surface area (Å²) in [7, 11) is 0. The van der Waals surface area contributed by atoms with E-state index in [0.717, 1.165) is 11.3 Å². The van der Waals surface area contributed by atoms with Crippen molar-refractivity contribution < 1.29 is 19.1 Å². The summed E-state index contributed by atoms with van der Waals surface area (Å²) in [6.45, 7) is 1.45. The fourth-order valence-electron chi connectivity index (χ4n) is 1.91. The van der Waals surface area contributed by atoms with E-state index in [1.807, 2.05) is 0 Å². The molecule has 0 saturated carbocycles. The van der Waals surface area contributed by atoms with Crippen LogP contribution in [0.1, 0.15) is 29.4 Å². The van der Waals surface area contributed by atoms with Gasteiger partial charge < -0.3 is 10.1 Å². The maximum atomic E-state index is 12.0. The molecule has 2 rings (SSSR count). The summed E-state index contributed by atoms with van der Waals surface area (Å²) in [6, 6.07) is 9.97. The second kappa shape index (κ2) is 8.99. The van der Waals surface area contributed by atoms with E-state index in [4.69, 9.17) is 27.9 Å². The fraction of sp³-hybridized carbons (Fsp3) is 0.235. The van der Waals surface area contributed by atoms with Gasteiger partial charge in [-0.1, -0.05) is 35.3 Å². The topological polar surface area (TPSA) is 72.5 Å². The lowest BCUT2D eigenvalue weighted by molar-refractivity contribution is -0.153. The Balaban J connectivity index is 1.80. The van der Waals surface area contributed by atoms with Gasteiger partial charge in [-0.05, 0) is 31.2 Å². The number of ketones is 1. The van der Waals surface area contributed by atoms with Crippen molar-refractivity contribution in [2.45, 2.75) is 25.9 Å². The van der Waals surface area contributed by atoms with Gasteiger partial charge in [0.05, 0.1) is 26.3 Å². The lowest BCUT2D eigenvalue weighted by Gasteiger charge is -2.14. The highest BCUT2D eigenvalue weighted by molar-refractivity contribution is 7.18. The predicted octanol–water partition coefficient (Wildman–Crippen LogP) is 4.59. The summed E-state index contributed by atoms with van der Waals surface area (Å²) in [6.07, 6.45) is -1.12. The Morgan fingerprint density at radius 2 is 1.84 bits per heavy atom. The van der Waals surface area contributed by atoms with Crippen LogP contribution in [-0.4, -0.2) is 23.8 Å². The van der Waals surface area contributed by atoms with Crippen LogP contribution in [0.15, 0.2) is 36.4 Å². The molecule has 0 saturated heterocycles. The molecule has 0 bridgehead atoms. The number of hydrogen-bond donors (Lipinski definition) is 1. The van der Waals surface area contributed by atoms with Gasteiger partial charge in [0, 0.05) is 6.42 Å². The van der Waals surface area contributed by atoms with Gasteiger partial charge >= 0.3 is 5.97 Å². The molecule has 0 fully saturated rings. The van der Waals surface area contributed by atoms with E-state index < -0.39 is 18.0 Å². The number of carbonyl (C=O) groups excluding carboxylic acids is 3. The quantitative estimate of drug-likeness (QED) is 0.545. The summed E-state index contributed by atoms with van der Waals surface area (Å²) < 4.78 is 5.56. The molecule has 0 spiro atoms. The first-order valence-electron chi connectivity index (χ1n) is 7.40. The lowest BCUT2D eigenvalue weighted by atomic mass is 10.2. The third-order valence-corrected chi connectivity index (χ3v) is 4.82. The highest BCUT2D eigenvalue weighted by atomic mass is 35.5. The number of carbonyl (C=O) groups is 3. The molecule has 0 aliphatic rings. The molecule has 1 atom stereocenters. The second-order valence-corrected chi connectivity index (χ2v) is 7.25. The number of anilines is 1. The number of para-hydroxylation sites is 1. The zero-order chi connectivity index (χ0) is 18.4. The van der Waals surface area contributed by atoms with Crippen LogP contribution in [-0.2, 0) is 14.3 Å². The van der Waals surface area contributed by atoms with Gasteiger partial charge in [-0.25, -0.2) is 0 Å². The summed E-state index contributed by atoms with van der Waals surface area (Å²) >= 11 is 12.9. The van der Waals surface area contributed by atoms with Crippen LogP contribution in [0.25, 0.3) is 0 Å². The predicted molar refractivity (Wildman–Crippen MR) is 98.5 cm³/mol. The summed E-state index contributed by atoms with van der Waals surface area (Å²) in [4.78, 5) is 36.2. The third-order valence-electron chi connectivity index (χ3n) is 3.21. The zero-order valence-corrected chi connectivity index (χ0v) is 15.6. The SMILES string of the molecule is C[C@H](OC(=O)CCC(=O)c1ccc(Cl)s1)C(=O)Nc1ccccc1Cl. The van der Waals surface area contributed by atoms with Crippen molar-refractivity contribution in [2.24, 2.45) is 0 Å². The van der Waals surface area contributed by atoms with E-state index in [2.05, 4.69) is 5.32 Å². The van der Waals surface area contributed by atoms with Crippen LogP contribution in [0.4, 0.5) is 5.69 Å². The number of hydrogen-bond acceptors (Lipinski definition) is 5. The smallest absolute Gasteiger partial charge is 0.307 e. The van der Waals surface area contributed by atoms with Gasteiger partial charge in [0.1, 0.15) is 0 Å². The molecule has 1 aromatic carbocycles. The Hall–Kier alpha value is -1.89. The molecule has 1 heterocycles. The molecule has 0 unspecified atom stereocenters. The first-order valence-corrected chi connectivity index (χ1v) is 8.97. The molecule has 5 nitrogen and oxygen atoms in total. The van der Waals surface area contributed by atoms with E-state index in [0.29, 0.717) is 19.9 Å². The Kier molecular flexibility index (Phi) is 6.99. The fourth-order valence-corrected chi connectivity index (χ4v) is 3.10. The molecule has 1 amide bonds. The number of esters is 1. The molecular formula is C17H15Cl2NO4S. The average Bonchev–Trinajstić information content (AvgIpc) is 3.01. The molecule has 0 radical (unpaired) electrons. The van der Waals surface area contributed by atoms with E-state index >= 15 is 0 Å². The van der Waals surface area contributed by atoms with Gasteiger partial charge in [-0.2, -0.15) is 0 Å². The first kappa shape index (κ1) is 19.4. The van der Waals surface area contributed by atoms with Gasteiger partial charge in [0.2, 0.25) is 0 Å². The minimum absolute atomic E-state index is 0.00543.